The van der Waals surface area contributed by atoms with Crippen LogP contribution in [0, 0.1) is 0 Å². The zero-order chi connectivity index (χ0) is 13.4. The maximum Gasteiger partial charge on any atom is 0.318 e. The van der Waals surface area contributed by atoms with Gasteiger partial charge in [-0.15, -0.1) is 0 Å². The molecule has 98 valence electrons. The normalized spacial score (nSPS) is 18.9. The summed E-state index contributed by atoms with van der Waals surface area (Å²) < 4.78 is 5.24. The molecule has 6 heteroatoms. The summed E-state index contributed by atoms with van der Waals surface area (Å²) in [6, 6.07) is 5.30. The van der Waals surface area contributed by atoms with Gasteiger partial charge in [0.15, 0.2) is 12.0 Å². The average Bonchev–Trinajstić information content (AvgIpc) is 2.95. The lowest BCUT2D eigenvalue weighted by molar-refractivity contribution is -0.117. The summed E-state index contributed by atoms with van der Waals surface area (Å²) in [4.78, 5) is 28.4. The van der Waals surface area contributed by atoms with Crippen LogP contribution in [-0.2, 0) is 4.79 Å². The highest BCUT2D eigenvalue weighted by atomic mass is 16.3. The number of nitrogens with one attached hydrogen (secondary N) is 1. The Morgan fingerprint density at radius 1 is 1.58 bits per heavy atom. The number of aromatic nitrogens is 1. The molecular formula is C13H13N3O3. The number of Topliss-reactive ketones (excluding diaryl/α,β-unsaturated/α-hetero) is 1. The van der Waals surface area contributed by atoms with Crippen molar-refractivity contribution in [1.82, 2.24) is 15.2 Å². The summed E-state index contributed by atoms with van der Waals surface area (Å²) in [5.41, 5.74) is 2.43. The lowest BCUT2D eigenvalue weighted by atomic mass is 10.1. The number of oxazole rings is 1. The van der Waals surface area contributed by atoms with Crippen LogP contribution in [0.4, 0.5) is 4.79 Å². The molecule has 1 fully saturated rings. The molecule has 0 radical (unpaired) electrons. The van der Waals surface area contributed by atoms with Gasteiger partial charge in [-0.05, 0) is 24.6 Å². The molecule has 1 aliphatic heterocycles. The molecule has 0 spiro atoms. The van der Waals surface area contributed by atoms with Gasteiger partial charge in [0, 0.05) is 6.54 Å². The first-order valence-electron chi connectivity index (χ1n) is 6.01. The van der Waals surface area contributed by atoms with Gasteiger partial charge in [-0.25, -0.2) is 9.78 Å². The summed E-state index contributed by atoms with van der Waals surface area (Å²) in [5.74, 6) is -0.0264. The largest absolute Gasteiger partial charge is 0.443 e. The van der Waals surface area contributed by atoms with E-state index in [0.29, 0.717) is 12.1 Å². The van der Waals surface area contributed by atoms with Gasteiger partial charge in [0.1, 0.15) is 11.3 Å². The smallest absolute Gasteiger partial charge is 0.318 e. The van der Waals surface area contributed by atoms with Crippen LogP contribution >= 0.6 is 0 Å². The Hall–Kier alpha value is -2.37. The number of carbonyl (C=O) groups excluding carboxylic acids is 2. The summed E-state index contributed by atoms with van der Waals surface area (Å²) in [6.07, 6.45) is 1.39. The molecule has 3 rings (SSSR count). The van der Waals surface area contributed by atoms with E-state index in [0.717, 1.165) is 11.1 Å². The van der Waals surface area contributed by atoms with Crippen molar-refractivity contribution >= 4 is 22.9 Å². The number of ketones is 1. The van der Waals surface area contributed by atoms with Crippen LogP contribution in [0.3, 0.4) is 0 Å². The third kappa shape index (κ3) is 2.16. The predicted octanol–water partition coefficient (Wildman–Crippen LogP) is 1.48. The molecule has 1 atom stereocenters. The monoisotopic (exact) mass is 259 g/mol. The van der Waals surface area contributed by atoms with Gasteiger partial charge in [0.2, 0.25) is 0 Å². The molecule has 1 unspecified atom stereocenters. The van der Waals surface area contributed by atoms with Crippen molar-refractivity contribution in [2.24, 2.45) is 0 Å². The van der Waals surface area contributed by atoms with Crippen LogP contribution < -0.4 is 5.32 Å². The molecule has 0 bridgehead atoms. The van der Waals surface area contributed by atoms with Crippen LogP contribution in [0.5, 0.6) is 0 Å². The molecule has 2 amide bonds. The highest BCUT2D eigenvalue weighted by Crippen LogP contribution is 2.23. The summed E-state index contributed by atoms with van der Waals surface area (Å²) >= 11 is 0. The quantitative estimate of drug-likeness (QED) is 0.906. The molecule has 2 aromatic rings. The van der Waals surface area contributed by atoms with Crippen molar-refractivity contribution in [3.63, 3.8) is 0 Å². The van der Waals surface area contributed by atoms with Crippen LogP contribution in [0.1, 0.15) is 18.5 Å². The van der Waals surface area contributed by atoms with Crippen molar-refractivity contribution in [2.45, 2.75) is 13.0 Å². The van der Waals surface area contributed by atoms with E-state index < -0.39 is 0 Å². The predicted molar refractivity (Wildman–Crippen MR) is 67.5 cm³/mol. The Bertz CT molecular complexity index is 649. The number of fused-ring (bicyclic) bond motifs is 1. The molecule has 1 aliphatic rings. The van der Waals surface area contributed by atoms with Crippen LogP contribution in [0.2, 0.25) is 0 Å². The second kappa shape index (κ2) is 4.38. The summed E-state index contributed by atoms with van der Waals surface area (Å²) in [7, 11) is 0. The first kappa shape index (κ1) is 11.7. The standard InChI is InChI=1S/C13H13N3O3/c1-8(17)5-16-6-11(15-13(16)18)9-2-3-10-12(4-9)19-7-14-10/h2-4,7,11H,5-6H2,1H3,(H,15,18). The van der Waals surface area contributed by atoms with Crippen molar-refractivity contribution in [1.29, 1.82) is 0 Å². The van der Waals surface area contributed by atoms with E-state index in [1.165, 1.54) is 18.2 Å². The van der Waals surface area contributed by atoms with E-state index in [-0.39, 0.29) is 24.4 Å². The van der Waals surface area contributed by atoms with Crippen LogP contribution in [-0.4, -0.2) is 34.8 Å². The molecular weight excluding hydrogens is 246 g/mol. The van der Waals surface area contributed by atoms with E-state index in [2.05, 4.69) is 10.3 Å². The maximum atomic E-state index is 11.7. The van der Waals surface area contributed by atoms with E-state index in [1.807, 2.05) is 18.2 Å². The van der Waals surface area contributed by atoms with Crippen LogP contribution in [0.15, 0.2) is 29.0 Å². The second-order valence-corrected chi connectivity index (χ2v) is 4.66. The lowest BCUT2D eigenvalue weighted by Gasteiger charge is -2.12. The molecule has 1 aromatic heterocycles. The number of carbonyl (C=O) groups is 2. The molecule has 0 aliphatic carbocycles. The lowest BCUT2D eigenvalue weighted by Crippen LogP contribution is -2.32. The fraction of sp³-hybridized carbons (Fsp3) is 0.308. The third-order valence-corrected chi connectivity index (χ3v) is 3.16. The average molecular weight is 259 g/mol. The van der Waals surface area contributed by atoms with Crippen molar-refractivity contribution in [2.75, 3.05) is 13.1 Å². The number of urea groups is 1. The Balaban J connectivity index is 1.83. The molecule has 1 saturated heterocycles. The second-order valence-electron chi connectivity index (χ2n) is 4.66. The van der Waals surface area contributed by atoms with E-state index in [1.54, 1.807) is 0 Å². The fourth-order valence-corrected chi connectivity index (χ4v) is 2.27. The summed E-state index contributed by atoms with van der Waals surface area (Å²) in [5, 5.41) is 2.86. The molecule has 1 aromatic carbocycles. The number of rotatable bonds is 3. The van der Waals surface area contributed by atoms with Crippen molar-refractivity contribution in [3.8, 4) is 0 Å². The minimum Gasteiger partial charge on any atom is -0.443 e. The van der Waals surface area contributed by atoms with E-state index in [9.17, 15) is 9.59 Å². The number of benzene rings is 1. The molecule has 0 saturated carbocycles. The van der Waals surface area contributed by atoms with Gasteiger partial charge in [-0.1, -0.05) is 6.07 Å². The molecule has 2 heterocycles. The van der Waals surface area contributed by atoms with Gasteiger partial charge in [0.05, 0.1) is 12.6 Å². The van der Waals surface area contributed by atoms with Crippen LogP contribution in [0.25, 0.3) is 11.1 Å². The number of hydrogen-bond acceptors (Lipinski definition) is 4. The fourth-order valence-electron chi connectivity index (χ4n) is 2.27. The molecule has 1 N–H and O–H groups in total. The Labute approximate surface area is 109 Å². The zero-order valence-corrected chi connectivity index (χ0v) is 10.4. The summed E-state index contributed by atoms with van der Waals surface area (Å²) in [6.45, 7) is 2.10. The van der Waals surface area contributed by atoms with Gasteiger partial charge >= 0.3 is 6.03 Å². The molecule has 19 heavy (non-hydrogen) atoms. The maximum absolute atomic E-state index is 11.7. The first-order chi connectivity index (χ1) is 9.13. The van der Waals surface area contributed by atoms with Crippen molar-refractivity contribution in [3.05, 3.63) is 30.2 Å². The number of hydrogen-bond donors (Lipinski definition) is 1. The minimum atomic E-state index is -0.210. The Morgan fingerprint density at radius 2 is 2.42 bits per heavy atom. The van der Waals surface area contributed by atoms with Gasteiger partial charge < -0.3 is 14.6 Å². The number of amides is 2. The van der Waals surface area contributed by atoms with E-state index >= 15 is 0 Å². The Morgan fingerprint density at radius 3 is 3.21 bits per heavy atom. The Kier molecular flexibility index (Phi) is 2.70. The minimum absolute atomic E-state index is 0.0264. The SMILES string of the molecule is CC(=O)CN1CC(c2ccc3ncoc3c2)NC1=O. The topological polar surface area (TPSA) is 75.4 Å². The highest BCUT2D eigenvalue weighted by Gasteiger charge is 2.30. The van der Waals surface area contributed by atoms with Gasteiger partial charge in [0.25, 0.3) is 0 Å². The number of nitrogens with zero attached hydrogens (tertiary/aromatic N) is 2. The highest BCUT2D eigenvalue weighted by molar-refractivity contribution is 5.85. The first-order valence-corrected chi connectivity index (χ1v) is 6.01. The van der Waals surface area contributed by atoms with Gasteiger partial charge in [-0.2, -0.15) is 0 Å². The van der Waals surface area contributed by atoms with Crippen molar-refractivity contribution < 1.29 is 14.0 Å². The van der Waals surface area contributed by atoms with E-state index in [4.69, 9.17) is 4.42 Å². The van der Waals surface area contributed by atoms with Gasteiger partial charge in [-0.3, -0.25) is 4.79 Å². The third-order valence-electron chi connectivity index (χ3n) is 3.16. The zero-order valence-electron chi connectivity index (χ0n) is 10.4. The molecule has 6 nitrogen and oxygen atoms in total.